The summed E-state index contributed by atoms with van der Waals surface area (Å²) < 4.78 is 45.7. The van der Waals surface area contributed by atoms with Crippen LogP contribution in [0.15, 0.2) is 30.5 Å². The first-order chi connectivity index (χ1) is 13.9. The predicted molar refractivity (Wildman–Crippen MR) is 110 cm³/mol. The molecule has 160 valence electrons. The zero-order valence-corrected chi connectivity index (χ0v) is 17.4. The van der Waals surface area contributed by atoms with Crippen LogP contribution in [0.3, 0.4) is 0 Å². The van der Waals surface area contributed by atoms with E-state index in [0.29, 0.717) is 13.0 Å². The van der Waals surface area contributed by atoms with E-state index >= 15 is 0 Å². The zero-order valence-electron chi connectivity index (χ0n) is 17.4. The van der Waals surface area contributed by atoms with Crippen LogP contribution in [-0.2, 0) is 12.6 Å². The highest BCUT2D eigenvalue weighted by atomic mass is 19.4. The van der Waals surface area contributed by atoms with Crippen LogP contribution in [0, 0.1) is 0 Å². The van der Waals surface area contributed by atoms with Gasteiger partial charge < -0.3 is 9.64 Å². The van der Waals surface area contributed by atoms with Crippen molar-refractivity contribution in [2.24, 2.45) is 0 Å². The number of anilines is 2. The van der Waals surface area contributed by atoms with Crippen LogP contribution >= 0.6 is 0 Å². The summed E-state index contributed by atoms with van der Waals surface area (Å²) in [5.41, 5.74) is 1.09. The van der Waals surface area contributed by atoms with Gasteiger partial charge in [-0.15, -0.1) is 0 Å². The third-order valence-electron chi connectivity index (χ3n) is 4.64. The predicted octanol–water partition coefficient (Wildman–Crippen LogP) is 6.57. The first kappa shape index (κ1) is 23.0. The Morgan fingerprint density at radius 3 is 2.41 bits per heavy atom. The molecule has 0 N–H and O–H groups in total. The van der Waals surface area contributed by atoms with Gasteiger partial charge in [0.1, 0.15) is 5.56 Å². The van der Waals surface area contributed by atoms with Crippen molar-refractivity contribution in [2.45, 2.75) is 65.5 Å². The molecule has 0 bridgehead atoms. The summed E-state index contributed by atoms with van der Waals surface area (Å²) in [6, 6.07) is 7.84. The van der Waals surface area contributed by atoms with Gasteiger partial charge in [0.25, 0.3) is 0 Å². The Bertz CT molecular complexity index is 765. The number of hydrogen-bond donors (Lipinski definition) is 0. The Morgan fingerprint density at radius 1 is 1.00 bits per heavy atom. The molecule has 0 fully saturated rings. The van der Waals surface area contributed by atoms with E-state index in [2.05, 4.69) is 23.8 Å². The molecular weight excluding hydrogens is 379 g/mol. The van der Waals surface area contributed by atoms with Crippen LogP contribution in [-0.4, -0.2) is 23.1 Å². The highest BCUT2D eigenvalue weighted by molar-refractivity contribution is 5.62. The summed E-state index contributed by atoms with van der Waals surface area (Å²) >= 11 is 0. The lowest BCUT2D eigenvalue weighted by atomic mass is 10.1. The van der Waals surface area contributed by atoms with Gasteiger partial charge in [0.05, 0.1) is 6.61 Å². The van der Waals surface area contributed by atoms with Crippen molar-refractivity contribution in [3.05, 3.63) is 41.6 Å². The number of hydrogen-bond acceptors (Lipinski definition) is 4. The topological polar surface area (TPSA) is 38.2 Å². The quantitative estimate of drug-likeness (QED) is 0.394. The average molecular weight is 409 g/mol. The lowest BCUT2D eigenvalue weighted by Crippen LogP contribution is -2.22. The first-order valence-electron chi connectivity index (χ1n) is 10.3. The maximum absolute atomic E-state index is 13.4. The lowest BCUT2D eigenvalue weighted by molar-refractivity contribution is -0.139. The highest BCUT2D eigenvalue weighted by Crippen LogP contribution is 2.36. The second-order valence-corrected chi connectivity index (χ2v) is 6.92. The molecule has 0 saturated heterocycles. The highest BCUT2D eigenvalue weighted by Gasteiger charge is 2.36. The van der Waals surface area contributed by atoms with Crippen molar-refractivity contribution in [3.8, 4) is 5.88 Å². The van der Waals surface area contributed by atoms with E-state index in [1.807, 2.05) is 36.1 Å². The molecule has 0 aliphatic carbocycles. The number of aromatic nitrogens is 2. The van der Waals surface area contributed by atoms with Crippen molar-refractivity contribution in [1.29, 1.82) is 0 Å². The Balaban J connectivity index is 2.35. The van der Waals surface area contributed by atoms with Crippen LogP contribution in [0.1, 0.15) is 64.0 Å². The summed E-state index contributed by atoms with van der Waals surface area (Å²) in [5, 5.41) is 0. The molecule has 0 unspecified atom stereocenters. The number of halogens is 3. The summed E-state index contributed by atoms with van der Waals surface area (Å²) in [6.07, 6.45) is 1.80. The molecule has 2 aromatic rings. The molecule has 0 spiro atoms. The van der Waals surface area contributed by atoms with Gasteiger partial charge >= 0.3 is 6.18 Å². The number of benzene rings is 1. The van der Waals surface area contributed by atoms with Crippen LogP contribution in [0.2, 0.25) is 0 Å². The maximum atomic E-state index is 13.4. The van der Waals surface area contributed by atoms with Crippen LogP contribution in [0.4, 0.5) is 24.8 Å². The molecule has 1 heterocycles. The van der Waals surface area contributed by atoms with Crippen molar-refractivity contribution < 1.29 is 17.9 Å². The van der Waals surface area contributed by atoms with E-state index in [1.165, 1.54) is 0 Å². The van der Waals surface area contributed by atoms with Crippen molar-refractivity contribution in [3.63, 3.8) is 0 Å². The molecule has 29 heavy (non-hydrogen) atoms. The van der Waals surface area contributed by atoms with E-state index in [0.717, 1.165) is 49.6 Å². The molecule has 1 aromatic carbocycles. The number of nitrogens with zero attached hydrogens (tertiary/aromatic N) is 3. The number of unbranched alkanes of at least 4 members (excludes halogenated alkanes) is 3. The van der Waals surface area contributed by atoms with Gasteiger partial charge in [-0.2, -0.15) is 18.2 Å². The first-order valence-corrected chi connectivity index (χ1v) is 10.3. The van der Waals surface area contributed by atoms with E-state index < -0.39 is 17.6 Å². The third-order valence-corrected chi connectivity index (χ3v) is 4.64. The molecule has 0 aliphatic heterocycles. The fraction of sp³-hybridized carbons (Fsp3) is 0.545. The SMILES string of the molecule is CCCCCCOc1nc(N(CC)c2ccccc2CCC)ncc1C(F)(F)F. The minimum Gasteiger partial charge on any atom is -0.477 e. The Kier molecular flexibility index (Phi) is 8.73. The van der Waals surface area contributed by atoms with Gasteiger partial charge in [-0.1, -0.05) is 57.7 Å². The van der Waals surface area contributed by atoms with Gasteiger partial charge in [0.15, 0.2) is 0 Å². The molecule has 1 aromatic heterocycles. The Morgan fingerprint density at radius 2 is 1.76 bits per heavy atom. The van der Waals surface area contributed by atoms with E-state index in [4.69, 9.17) is 4.74 Å². The van der Waals surface area contributed by atoms with Crippen LogP contribution in [0.5, 0.6) is 5.88 Å². The number of alkyl halides is 3. The average Bonchev–Trinajstić information content (AvgIpc) is 2.69. The van der Waals surface area contributed by atoms with Gasteiger partial charge in [-0.3, -0.25) is 0 Å². The van der Waals surface area contributed by atoms with E-state index in [-0.39, 0.29) is 12.6 Å². The standard InChI is InChI=1S/C22H30F3N3O/c1-4-7-8-11-15-29-20-18(22(23,24)25)16-26-21(27-20)28(6-3)19-14-10-9-13-17(19)12-5-2/h9-10,13-14,16H,4-8,11-12,15H2,1-3H3. The summed E-state index contributed by atoms with van der Waals surface area (Å²) in [5.74, 6) is -0.182. The van der Waals surface area contributed by atoms with Crippen molar-refractivity contribution in [2.75, 3.05) is 18.1 Å². The smallest absolute Gasteiger partial charge is 0.423 e. The molecule has 4 nitrogen and oxygen atoms in total. The van der Waals surface area contributed by atoms with Crippen molar-refractivity contribution in [1.82, 2.24) is 9.97 Å². The fourth-order valence-electron chi connectivity index (χ4n) is 3.16. The summed E-state index contributed by atoms with van der Waals surface area (Å²) in [4.78, 5) is 10.0. The molecule has 0 radical (unpaired) electrons. The maximum Gasteiger partial charge on any atom is 0.423 e. The Hall–Kier alpha value is -2.31. The van der Waals surface area contributed by atoms with E-state index in [9.17, 15) is 13.2 Å². The molecule has 0 aliphatic rings. The number of rotatable bonds is 11. The molecule has 0 amide bonds. The van der Waals surface area contributed by atoms with Gasteiger partial charge in [0.2, 0.25) is 11.8 Å². The zero-order chi connectivity index (χ0) is 21.3. The van der Waals surface area contributed by atoms with Crippen LogP contribution in [0.25, 0.3) is 0 Å². The third kappa shape index (κ3) is 6.34. The number of para-hydroxylation sites is 1. The van der Waals surface area contributed by atoms with Gasteiger partial charge in [-0.25, -0.2) is 4.98 Å². The molecular formula is C22H30F3N3O. The molecule has 2 rings (SSSR count). The molecule has 0 saturated carbocycles. The van der Waals surface area contributed by atoms with Crippen molar-refractivity contribution >= 4 is 11.6 Å². The largest absolute Gasteiger partial charge is 0.477 e. The second-order valence-electron chi connectivity index (χ2n) is 6.92. The molecule has 7 heteroatoms. The monoisotopic (exact) mass is 409 g/mol. The van der Waals surface area contributed by atoms with Crippen LogP contribution < -0.4 is 9.64 Å². The Labute approximate surface area is 171 Å². The molecule has 0 atom stereocenters. The van der Waals surface area contributed by atoms with Gasteiger partial charge in [-0.05, 0) is 31.4 Å². The summed E-state index contributed by atoms with van der Waals surface area (Å²) in [7, 11) is 0. The normalized spacial score (nSPS) is 11.5. The number of aryl methyl sites for hydroxylation is 1. The number of ether oxygens (including phenoxy) is 1. The fourth-order valence-corrected chi connectivity index (χ4v) is 3.16. The minimum absolute atomic E-state index is 0.206. The van der Waals surface area contributed by atoms with Gasteiger partial charge in [0, 0.05) is 18.4 Å². The van der Waals surface area contributed by atoms with E-state index in [1.54, 1.807) is 0 Å². The minimum atomic E-state index is -4.56. The summed E-state index contributed by atoms with van der Waals surface area (Å²) in [6.45, 7) is 6.83. The second kappa shape index (κ2) is 11.0. The lowest BCUT2D eigenvalue weighted by Gasteiger charge is -2.24.